The number of nitrogens with zero attached hydrogens (tertiary/aromatic N) is 3. The van der Waals surface area contributed by atoms with Crippen LogP contribution in [-0.4, -0.2) is 29.9 Å². The molecule has 9 heteroatoms. The van der Waals surface area contributed by atoms with Crippen LogP contribution < -0.4 is 45.5 Å². The molecule has 0 spiro atoms. The Morgan fingerprint density at radius 2 is 1.81 bits per heavy atom. The average Bonchev–Trinajstić information content (AvgIpc) is 3.14. The number of nitrogens with two attached hydrogens (primary N) is 2. The molecule has 0 fully saturated rings. The van der Waals surface area contributed by atoms with Gasteiger partial charge in [-0.25, -0.2) is 0 Å². The van der Waals surface area contributed by atoms with E-state index in [4.69, 9.17) is 22.3 Å². The predicted molar refractivity (Wildman–Crippen MR) is 103 cm³/mol. The minimum absolute atomic E-state index is 0. The summed E-state index contributed by atoms with van der Waals surface area (Å²) in [6.45, 7) is 0. The van der Waals surface area contributed by atoms with E-state index in [9.17, 15) is 0 Å². The molecule has 1 aliphatic heterocycles. The molecule has 7 N–H and O–H groups in total. The van der Waals surface area contributed by atoms with Crippen LogP contribution in [0, 0.1) is 10.8 Å². The van der Waals surface area contributed by atoms with Gasteiger partial charge in [0.15, 0.2) is 0 Å². The summed E-state index contributed by atoms with van der Waals surface area (Å²) < 4.78 is 0. The van der Waals surface area contributed by atoms with Crippen LogP contribution in [0.2, 0.25) is 0 Å². The van der Waals surface area contributed by atoms with Crippen LogP contribution in [0.3, 0.4) is 0 Å². The van der Waals surface area contributed by atoms with E-state index in [1.807, 2.05) is 31.3 Å². The molecule has 1 atom stereocenters. The van der Waals surface area contributed by atoms with E-state index < -0.39 is 0 Å². The Kier molecular flexibility index (Phi) is 4.87. The Morgan fingerprint density at radius 3 is 2.52 bits per heavy atom. The van der Waals surface area contributed by atoms with E-state index >= 15 is 0 Å². The van der Waals surface area contributed by atoms with E-state index in [1.54, 1.807) is 12.1 Å². The van der Waals surface area contributed by atoms with E-state index in [1.165, 1.54) is 0 Å². The monoisotopic (exact) mass is 354 g/mol. The van der Waals surface area contributed by atoms with Gasteiger partial charge in [-0.2, -0.15) is 0 Å². The van der Waals surface area contributed by atoms with Crippen LogP contribution in [0.15, 0.2) is 36.4 Å². The summed E-state index contributed by atoms with van der Waals surface area (Å²) in [5.41, 5.74) is 16.0. The fraction of sp³-hybridized carbons (Fsp3) is 0.167. The van der Waals surface area contributed by atoms with Gasteiger partial charge in [0.2, 0.25) is 0 Å². The molecule has 0 saturated carbocycles. The quantitative estimate of drug-likeness (QED) is 0.212. The molecule has 3 aromatic rings. The fourth-order valence-electron chi connectivity index (χ4n) is 3.19. The van der Waals surface area contributed by atoms with Crippen molar-refractivity contribution in [3.8, 4) is 0 Å². The van der Waals surface area contributed by atoms with Crippen molar-refractivity contribution >= 4 is 34.1 Å². The number of hydrogen-bond acceptors (Lipinski definition) is 5. The second-order valence-electron chi connectivity index (χ2n) is 6.38. The number of anilines is 2. The number of nitrogens with one attached hydrogen (secondary N) is 3. The molecule has 0 amide bonds. The van der Waals surface area contributed by atoms with Crippen molar-refractivity contribution in [1.29, 1.82) is 10.8 Å². The number of imidazole rings is 1. The third-order valence-electron chi connectivity index (χ3n) is 4.64. The van der Waals surface area contributed by atoms with E-state index in [0.717, 1.165) is 28.2 Å². The Morgan fingerprint density at radius 1 is 1.15 bits per heavy atom. The summed E-state index contributed by atoms with van der Waals surface area (Å²) in [7, 11) is 1.99. The van der Waals surface area contributed by atoms with Gasteiger partial charge < -0.3 is 31.7 Å². The van der Waals surface area contributed by atoms with Crippen molar-refractivity contribution in [1.82, 2.24) is 9.97 Å². The van der Waals surface area contributed by atoms with Gasteiger partial charge >= 0.3 is 18.9 Å². The van der Waals surface area contributed by atoms with Crippen LogP contribution in [0.5, 0.6) is 0 Å². The zero-order valence-corrected chi connectivity index (χ0v) is 15.2. The summed E-state index contributed by atoms with van der Waals surface area (Å²) in [6.07, 6.45) is 0.626. The number of likely N-dealkylation sites (N-methyl/N-ethyl adjacent to an activating group) is 1. The number of aromatic nitrogens is 2. The Bertz CT molecular complexity index is 1040. The zero-order chi connectivity index (χ0) is 18.4. The summed E-state index contributed by atoms with van der Waals surface area (Å²) in [5, 5.41) is 18.6. The molecular weight excluding hydrogens is 335 g/mol. The molecule has 2 heterocycles. The topological polar surface area (TPSA) is 142 Å². The first-order chi connectivity index (χ1) is 12.4. The maximum absolute atomic E-state index is 7.60. The number of amidine groups is 2. The van der Waals surface area contributed by atoms with Crippen LogP contribution >= 0.6 is 0 Å². The van der Waals surface area contributed by atoms with Crippen molar-refractivity contribution in [2.45, 2.75) is 12.6 Å². The first-order valence-corrected chi connectivity index (χ1v) is 8.18. The van der Waals surface area contributed by atoms with Gasteiger partial charge in [0.1, 0.15) is 17.8 Å². The summed E-state index contributed by atoms with van der Waals surface area (Å²) in [4.78, 5) is 11.3. The Labute approximate surface area is 168 Å². The second-order valence-corrected chi connectivity index (χ2v) is 6.38. The molecule has 0 saturated heterocycles. The number of benzene rings is 2. The second kappa shape index (κ2) is 6.99. The van der Waals surface area contributed by atoms with Crippen molar-refractivity contribution < 1.29 is 18.9 Å². The van der Waals surface area contributed by atoms with Crippen LogP contribution in [0.25, 0.3) is 11.0 Å². The summed E-state index contributed by atoms with van der Waals surface area (Å²) in [5.74, 6) is 0.798. The van der Waals surface area contributed by atoms with Gasteiger partial charge in [0.05, 0.1) is 11.4 Å². The van der Waals surface area contributed by atoms with Crippen LogP contribution in [0.1, 0.15) is 17.0 Å². The maximum Gasteiger partial charge on any atom is 1.00 e. The SMILES string of the molecule is CN1c2cc(C(=N)N)ccc2NC1Cc1nc2cc(C(=N)N)ccc2[n-]1.[Li+]. The van der Waals surface area contributed by atoms with Crippen molar-refractivity contribution in [3.63, 3.8) is 0 Å². The molecule has 1 aromatic heterocycles. The van der Waals surface area contributed by atoms with Gasteiger partial charge in [-0.3, -0.25) is 10.8 Å². The fourth-order valence-corrected chi connectivity index (χ4v) is 3.19. The van der Waals surface area contributed by atoms with Gasteiger partial charge in [0, 0.05) is 24.6 Å². The Balaban J connectivity index is 0.00000210. The number of fused-ring (bicyclic) bond motifs is 2. The number of hydrogen-bond donors (Lipinski definition) is 5. The number of nitrogen functional groups attached to an aromatic ring is 2. The summed E-state index contributed by atoms with van der Waals surface area (Å²) >= 11 is 0. The zero-order valence-electron chi connectivity index (χ0n) is 15.2. The Hall–Kier alpha value is -2.95. The van der Waals surface area contributed by atoms with E-state index in [2.05, 4.69) is 20.2 Å². The van der Waals surface area contributed by atoms with Crippen LogP contribution in [-0.2, 0) is 6.42 Å². The minimum atomic E-state index is 0. The molecule has 0 aliphatic carbocycles. The van der Waals surface area contributed by atoms with Crippen LogP contribution in [0.4, 0.5) is 11.4 Å². The van der Waals surface area contributed by atoms with Gasteiger partial charge in [-0.1, -0.05) is 18.0 Å². The largest absolute Gasteiger partial charge is 1.00 e. The molecule has 1 aliphatic rings. The first kappa shape index (κ1) is 18.8. The third kappa shape index (κ3) is 3.37. The molecule has 0 radical (unpaired) electrons. The molecule has 0 bridgehead atoms. The molecule has 8 nitrogen and oxygen atoms in total. The van der Waals surface area contributed by atoms with E-state index in [-0.39, 0.29) is 36.7 Å². The minimum Gasteiger partial charge on any atom is -0.440 e. The van der Waals surface area contributed by atoms with Crippen molar-refractivity contribution in [2.75, 3.05) is 17.3 Å². The van der Waals surface area contributed by atoms with Crippen molar-refractivity contribution in [3.05, 3.63) is 53.3 Å². The summed E-state index contributed by atoms with van der Waals surface area (Å²) in [6, 6.07) is 11.1. The van der Waals surface area contributed by atoms with E-state index in [0.29, 0.717) is 17.5 Å². The smallest absolute Gasteiger partial charge is 0.440 e. The third-order valence-corrected chi connectivity index (χ3v) is 4.64. The average molecular weight is 354 g/mol. The first-order valence-electron chi connectivity index (χ1n) is 8.18. The van der Waals surface area contributed by atoms with Gasteiger partial charge in [0.25, 0.3) is 0 Å². The maximum atomic E-state index is 7.60. The molecule has 1 unspecified atom stereocenters. The molecular formula is C18H19LiN8. The molecule has 27 heavy (non-hydrogen) atoms. The van der Waals surface area contributed by atoms with Crippen molar-refractivity contribution in [2.24, 2.45) is 11.5 Å². The standard InChI is InChI=1S/C18H19N8.Li/c1-26-14-7-10(18(21)22)3-5-12(14)25-16(26)8-15-23-11-4-2-9(17(19)20)6-13(11)24-15;/h2-7,16,25H,8H2,1H3,(H6-,19,20,21,22,23,24);/q-1;+1. The molecule has 4 rings (SSSR count). The normalized spacial score (nSPS) is 15.1. The molecule has 2 aromatic carbocycles. The number of rotatable bonds is 4. The molecule has 132 valence electrons. The van der Waals surface area contributed by atoms with Gasteiger partial charge in [-0.15, -0.1) is 0 Å². The predicted octanol–water partition coefficient (Wildman–Crippen LogP) is -1.81. The van der Waals surface area contributed by atoms with Gasteiger partial charge in [-0.05, 0) is 35.3 Å².